The van der Waals surface area contributed by atoms with Crippen molar-refractivity contribution in [1.29, 1.82) is 0 Å². The van der Waals surface area contributed by atoms with Crippen molar-refractivity contribution in [1.82, 2.24) is 14.9 Å². The zero-order valence-corrected chi connectivity index (χ0v) is 23.9. The van der Waals surface area contributed by atoms with Gasteiger partial charge >= 0.3 is 0 Å². The molecule has 2 aliphatic rings. The Bertz CT molecular complexity index is 1690. The second kappa shape index (κ2) is 11.9. The molecule has 0 radical (unpaired) electrons. The van der Waals surface area contributed by atoms with E-state index < -0.39 is 5.82 Å². The number of carbonyl (C=O) groups excluding carboxylic acids is 2. The molecule has 4 aromatic rings. The van der Waals surface area contributed by atoms with E-state index in [0.717, 1.165) is 34.5 Å². The molecule has 2 aliphatic heterocycles. The second-order valence-electron chi connectivity index (χ2n) is 10.8. The number of nitrogens with zero attached hydrogens (tertiary/aromatic N) is 3. The number of para-hydroxylation sites is 1. The van der Waals surface area contributed by atoms with Gasteiger partial charge in [0.2, 0.25) is 11.8 Å². The van der Waals surface area contributed by atoms with Crippen molar-refractivity contribution >= 4 is 34.7 Å². The number of nitrogens with one attached hydrogen (secondary N) is 1. The normalized spacial score (nSPS) is 19.2. The van der Waals surface area contributed by atoms with Gasteiger partial charge < -0.3 is 10.2 Å². The van der Waals surface area contributed by atoms with Gasteiger partial charge in [-0.3, -0.25) is 19.6 Å². The topological polar surface area (TPSA) is 75.2 Å². The van der Waals surface area contributed by atoms with E-state index >= 15 is 4.39 Å². The van der Waals surface area contributed by atoms with Gasteiger partial charge in [0.1, 0.15) is 5.82 Å². The number of fused-ring (bicyclic) bond motifs is 4. The number of rotatable bonds is 3. The molecule has 212 valence electrons. The minimum absolute atomic E-state index is 0.0114. The van der Waals surface area contributed by atoms with Crippen molar-refractivity contribution in [2.24, 2.45) is 5.92 Å². The highest BCUT2D eigenvalue weighted by molar-refractivity contribution is 6.31. The Morgan fingerprint density at radius 3 is 2.55 bits per heavy atom. The van der Waals surface area contributed by atoms with E-state index in [0.29, 0.717) is 42.5 Å². The summed E-state index contributed by atoms with van der Waals surface area (Å²) in [6.45, 7) is 2.33. The van der Waals surface area contributed by atoms with E-state index in [1.165, 1.54) is 12.1 Å². The SMILES string of the molecule is CC1CCCC(N2CCC(c3c(-c4ccncc4)ccc(Cl)c3F)=CC2=O)c2cc(ccn2)-c2ccccc2NC1=O. The first-order valence-electron chi connectivity index (χ1n) is 14.2. The molecule has 2 aromatic heterocycles. The van der Waals surface area contributed by atoms with Gasteiger partial charge in [0, 0.05) is 53.9 Å². The zero-order chi connectivity index (χ0) is 29.2. The van der Waals surface area contributed by atoms with E-state index in [1.807, 2.05) is 60.4 Å². The van der Waals surface area contributed by atoms with Crippen LogP contribution in [0.1, 0.15) is 49.9 Å². The Hall–Kier alpha value is -4.36. The van der Waals surface area contributed by atoms with Crippen LogP contribution in [0.5, 0.6) is 0 Å². The molecule has 0 saturated carbocycles. The molecule has 2 atom stereocenters. The average Bonchev–Trinajstić information content (AvgIpc) is 3.01. The third kappa shape index (κ3) is 5.44. The number of amides is 2. The second-order valence-corrected chi connectivity index (χ2v) is 11.2. The summed E-state index contributed by atoms with van der Waals surface area (Å²) >= 11 is 6.22. The summed E-state index contributed by atoms with van der Waals surface area (Å²) in [6.07, 6.45) is 9.12. The molecule has 0 aliphatic carbocycles. The number of halogens is 2. The first kappa shape index (κ1) is 27.8. The van der Waals surface area contributed by atoms with Gasteiger partial charge in [-0.15, -0.1) is 0 Å². The standard InChI is InChI=1S/C34H30ClFN4O2/c1-21-5-4-8-30(29-19-23(13-17-38-29)25-6-2-3-7-28(25)39-34(21)42)40-18-14-24(20-31(40)41)32-26(9-10-27(35)33(32)36)22-11-15-37-16-12-22/h2-3,6-7,9-13,15-17,19-21,30H,4-5,8,14,18H2,1H3,(H,39,42). The van der Waals surface area contributed by atoms with Crippen molar-refractivity contribution < 1.29 is 14.0 Å². The van der Waals surface area contributed by atoms with E-state index in [4.69, 9.17) is 16.6 Å². The van der Waals surface area contributed by atoms with Crippen LogP contribution in [-0.4, -0.2) is 33.2 Å². The van der Waals surface area contributed by atoms with E-state index in [-0.39, 0.29) is 28.8 Å². The lowest BCUT2D eigenvalue weighted by molar-refractivity contribution is -0.129. The molecule has 2 aromatic carbocycles. The minimum atomic E-state index is -0.537. The molecule has 6 nitrogen and oxygen atoms in total. The van der Waals surface area contributed by atoms with Crippen LogP contribution in [0.15, 0.2) is 85.3 Å². The van der Waals surface area contributed by atoms with Crippen LogP contribution in [0.25, 0.3) is 27.8 Å². The fraction of sp³-hybridized carbons (Fsp3) is 0.235. The Balaban J connectivity index is 1.38. The van der Waals surface area contributed by atoms with Crippen molar-refractivity contribution in [3.63, 3.8) is 0 Å². The summed E-state index contributed by atoms with van der Waals surface area (Å²) in [4.78, 5) is 37.4. The van der Waals surface area contributed by atoms with Gasteiger partial charge in [-0.2, -0.15) is 0 Å². The van der Waals surface area contributed by atoms with Crippen molar-refractivity contribution in [3.8, 4) is 22.3 Å². The van der Waals surface area contributed by atoms with E-state index in [1.54, 1.807) is 24.7 Å². The summed E-state index contributed by atoms with van der Waals surface area (Å²) in [6, 6.07) is 18.3. The molecule has 8 heteroatoms. The van der Waals surface area contributed by atoms with Crippen LogP contribution in [0.4, 0.5) is 10.1 Å². The van der Waals surface area contributed by atoms with Crippen LogP contribution in [0.2, 0.25) is 5.02 Å². The summed E-state index contributed by atoms with van der Waals surface area (Å²) in [7, 11) is 0. The van der Waals surface area contributed by atoms with Gasteiger partial charge in [-0.1, -0.05) is 49.2 Å². The molecule has 0 fully saturated rings. The van der Waals surface area contributed by atoms with Gasteiger partial charge in [-0.05, 0) is 77.9 Å². The average molecular weight is 581 g/mol. The molecular formula is C34H30ClFN4O2. The predicted octanol–water partition coefficient (Wildman–Crippen LogP) is 7.72. The molecule has 1 N–H and O–H groups in total. The molecule has 4 heterocycles. The highest BCUT2D eigenvalue weighted by Crippen LogP contribution is 2.40. The molecule has 2 unspecified atom stereocenters. The number of anilines is 1. The van der Waals surface area contributed by atoms with Crippen LogP contribution in [0.3, 0.4) is 0 Å². The molecule has 2 bridgehead atoms. The smallest absolute Gasteiger partial charge is 0.247 e. The quantitative estimate of drug-likeness (QED) is 0.269. The molecule has 42 heavy (non-hydrogen) atoms. The molecule has 0 saturated heterocycles. The van der Waals surface area contributed by atoms with Gasteiger partial charge in [-0.25, -0.2) is 4.39 Å². The zero-order valence-electron chi connectivity index (χ0n) is 23.2. The maximum atomic E-state index is 15.5. The maximum absolute atomic E-state index is 15.5. The number of carbonyl (C=O) groups is 2. The Labute approximate surface area is 249 Å². The minimum Gasteiger partial charge on any atom is -0.330 e. The molecule has 6 rings (SSSR count). The third-order valence-electron chi connectivity index (χ3n) is 8.17. The number of pyridine rings is 2. The highest BCUT2D eigenvalue weighted by atomic mass is 35.5. The lowest BCUT2D eigenvalue weighted by Crippen LogP contribution is -2.38. The van der Waals surface area contributed by atoms with Crippen LogP contribution >= 0.6 is 11.6 Å². The molecule has 0 spiro atoms. The van der Waals surface area contributed by atoms with Gasteiger partial charge in [0.15, 0.2) is 0 Å². The van der Waals surface area contributed by atoms with Crippen LogP contribution in [0, 0.1) is 11.7 Å². The first-order chi connectivity index (χ1) is 20.4. The largest absolute Gasteiger partial charge is 0.330 e. The van der Waals surface area contributed by atoms with Gasteiger partial charge in [0.05, 0.1) is 16.8 Å². The Kier molecular flexibility index (Phi) is 7.85. The van der Waals surface area contributed by atoms with Crippen molar-refractivity contribution in [2.45, 2.75) is 38.6 Å². The van der Waals surface area contributed by atoms with E-state index in [9.17, 15) is 9.59 Å². The monoisotopic (exact) mass is 580 g/mol. The van der Waals surface area contributed by atoms with Gasteiger partial charge in [0.25, 0.3) is 0 Å². The number of aromatic nitrogens is 2. The summed E-state index contributed by atoms with van der Waals surface area (Å²) in [5.41, 5.74) is 5.76. The first-order valence-corrected chi connectivity index (χ1v) is 14.5. The lowest BCUT2D eigenvalue weighted by Gasteiger charge is -2.35. The summed E-state index contributed by atoms with van der Waals surface area (Å²) in [5, 5.41) is 3.10. The number of hydrogen-bond donors (Lipinski definition) is 1. The lowest BCUT2D eigenvalue weighted by atomic mass is 9.89. The molecule has 2 amide bonds. The number of hydrogen-bond acceptors (Lipinski definition) is 4. The Morgan fingerprint density at radius 2 is 1.74 bits per heavy atom. The van der Waals surface area contributed by atoms with Crippen molar-refractivity contribution in [2.75, 3.05) is 11.9 Å². The predicted molar refractivity (Wildman–Crippen MR) is 163 cm³/mol. The third-order valence-corrected chi connectivity index (χ3v) is 8.46. The molecular weight excluding hydrogens is 551 g/mol. The fourth-order valence-electron chi connectivity index (χ4n) is 5.91. The highest BCUT2D eigenvalue weighted by Gasteiger charge is 2.31. The van der Waals surface area contributed by atoms with Crippen LogP contribution in [-0.2, 0) is 9.59 Å². The summed E-state index contributed by atoms with van der Waals surface area (Å²) in [5.74, 6) is -0.953. The van der Waals surface area contributed by atoms with Crippen LogP contribution < -0.4 is 5.32 Å². The maximum Gasteiger partial charge on any atom is 0.247 e. The Morgan fingerprint density at radius 1 is 0.952 bits per heavy atom. The fourth-order valence-corrected chi connectivity index (χ4v) is 6.07. The van der Waals surface area contributed by atoms with Crippen molar-refractivity contribution in [3.05, 3.63) is 107 Å². The summed E-state index contributed by atoms with van der Waals surface area (Å²) < 4.78 is 15.5. The van der Waals surface area contributed by atoms with E-state index in [2.05, 4.69) is 10.3 Å². The number of benzene rings is 2.